The smallest absolute Gasteiger partial charge is 0.310 e. The molecule has 1 unspecified atom stereocenters. The van der Waals surface area contributed by atoms with Crippen molar-refractivity contribution in [1.29, 1.82) is 0 Å². The van der Waals surface area contributed by atoms with Crippen molar-refractivity contribution in [2.45, 2.75) is 33.2 Å². The summed E-state index contributed by atoms with van der Waals surface area (Å²) in [6.07, 6.45) is 3.50. The van der Waals surface area contributed by atoms with E-state index in [-0.39, 0.29) is 35.9 Å². The maximum absolute atomic E-state index is 12.1. The lowest BCUT2D eigenvalue weighted by Crippen LogP contribution is -2.48. The van der Waals surface area contributed by atoms with Crippen molar-refractivity contribution in [3.63, 3.8) is 0 Å². The lowest BCUT2D eigenvalue weighted by Gasteiger charge is -2.34. The van der Waals surface area contributed by atoms with Crippen LogP contribution >= 0.6 is 24.0 Å². The van der Waals surface area contributed by atoms with Crippen molar-refractivity contribution in [1.82, 2.24) is 25.0 Å². The molecule has 29 heavy (non-hydrogen) atoms. The molecule has 9 heteroatoms. The molecule has 1 aliphatic heterocycles. The molecule has 3 rings (SSSR count). The number of hydrogen-bond acceptors (Lipinski definition) is 5. The van der Waals surface area contributed by atoms with Crippen molar-refractivity contribution >= 4 is 35.9 Å². The van der Waals surface area contributed by atoms with Gasteiger partial charge in [0.05, 0.1) is 12.5 Å². The Bertz CT molecular complexity index is 795. The SMILES string of the molecule is CCNC(=NCc1nncn1-c1ccccc1)N1CCCC(C(=O)OCC)C1.I. The number of esters is 1. The summed E-state index contributed by atoms with van der Waals surface area (Å²) in [6, 6.07) is 9.96. The zero-order valence-corrected chi connectivity index (χ0v) is 19.3. The van der Waals surface area contributed by atoms with Crippen LogP contribution in [0.15, 0.2) is 41.7 Å². The van der Waals surface area contributed by atoms with Crippen LogP contribution in [0.5, 0.6) is 0 Å². The fraction of sp³-hybridized carbons (Fsp3) is 0.500. The molecule has 1 fully saturated rings. The molecular formula is C20H29IN6O2. The highest BCUT2D eigenvalue weighted by atomic mass is 127. The van der Waals surface area contributed by atoms with Gasteiger partial charge in [-0.05, 0) is 38.8 Å². The fourth-order valence-corrected chi connectivity index (χ4v) is 3.36. The average Bonchev–Trinajstić information content (AvgIpc) is 3.20. The molecule has 0 saturated carbocycles. The van der Waals surface area contributed by atoms with E-state index in [0.29, 0.717) is 19.7 Å². The Balaban J connectivity index is 0.00000300. The van der Waals surface area contributed by atoms with Gasteiger partial charge in [0.2, 0.25) is 0 Å². The van der Waals surface area contributed by atoms with Crippen LogP contribution in [0.25, 0.3) is 5.69 Å². The summed E-state index contributed by atoms with van der Waals surface area (Å²) in [6.45, 7) is 6.94. The fourth-order valence-electron chi connectivity index (χ4n) is 3.36. The summed E-state index contributed by atoms with van der Waals surface area (Å²) in [4.78, 5) is 19.0. The van der Waals surface area contributed by atoms with E-state index in [1.165, 1.54) is 0 Å². The third-order valence-electron chi connectivity index (χ3n) is 4.70. The summed E-state index contributed by atoms with van der Waals surface area (Å²) < 4.78 is 7.14. The van der Waals surface area contributed by atoms with Crippen LogP contribution in [0.3, 0.4) is 0 Å². The number of aromatic nitrogens is 3. The quantitative estimate of drug-likeness (QED) is 0.277. The van der Waals surface area contributed by atoms with Gasteiger partial charge in [0.15, 0.2) is 11.8 Å². The first kappa shape index (κ1) is 23.1. The minimum absolute atomic E-state index is 0. The first-order chi connectivity index (χ1) is 13.7. The van der Waals surface area contributed by atoms with Gasteiger partial charge in [-0.2, -0.15) is 0 Å². The monoisotopic (exact) mass is 512 g/mol. The predicted molar refractivity (Wildman–Crippen MR) is 123 cm³/mol. The molecule has 2 aromatic rings. The Kier molecular flexibility index (Phi) is 9.36. The molecule has 2 heterocycles. The Hall–Kier alpha value is -2.17. The number of nitrogens with zero attached hydrogens (tertiary/aromatic N) is 5. The van der Waals surface area contributed by atoms with Gasteiger partial charge >= 0.3 is 5.97 Å². The molecule has 0 amide bonds. The van der Waals surface area contributed by atoms with Crippen molar-refractivity contribution in [3.8, 4) is 5.69 Å². The van der Waals surface area contributed by atoms with Crippen LogP contribution in [0.2, 0.25) is 0 Å². The second-order valence-electron chi connectivity index (χ2n) is 6.66. The van der Waals surface area contributed by atoms with E-state index in [9.17, 15) is 4.79 Å². The van der Waals surface area contributed by atoms with E-state index in [1.807, 2.05) is 48.7 Å². The number of rotatable bonds is 6. The number of nitrogens with one attached hydrogen (secondary N) is 1. The Morgan fingerprint density at radius 3 is 2.83 bits per heavy atom. The highest BCUT2D eigenvalue weighted by Gasteiger charge is 2.28. The molecule has 1 saturated heterocycles. The Labute approximate surface area is 188 Å². The molecular weight excluding hydrogens is 483 g/mol. The van der Waals surface area contributed by atoms with Crippen LogP contribution in [-0.2, 0) is 16.1 Å². The lowest BCUT2D eigenvalue weighted by atomic mass is 9.98. The van der Waals surface area contributed by atoms with E-state index in [0.717, 1.165) is 43.4 Å². The number of piperidine rings is 1. The summed E-state index contributed by atoms with van der Waals surface area (Å²) in [5, 5.41) is 11.6. The molecule has 0 aliphatic carbocycles. The summed E-state index contributed by atoms with van der Waals surface area (Å²) >= 11 is 0. The zero-order valence-electron chi connectivity index (χ0n) is 17.0. The van der Waals surface area contributed by atoms with Crippen LogP contribution in [-0.4, -0.2) is 57.8 Å². The number of aliphatic imine (C=N–C) groups is 1. The normalized spacial score (nSPS) is 16.8. The second kappa shape index (κ2) is 11.7. The summed E-state index contributed by atoms with van der Waals surface area (Å²) in [5.74, 6) is 1.33. The number of guanidine groups is 1. The zero-order chi connectivity index (χ0) is 19.8. The molecule has 1 N–H and O–H groups in total. The van der Waals surface area contributed by atoms with Gasteiger partial charge in [-0.3, -0.25) is 9.36 Å². The highest BCUT2D eigenvalue weighted by Crippen LogP contribution is 2.18. The molecule has 1 aliphatic rings. The van der Waals surface area contributed by atoms with Crippen molar-refractivity contribution < 1.29 is 9.53 Å². The molecule has 8 nitrogen and oxygen atoms in total. The maximum Gasteiger partial charge on any atom is 0.310 e. The number of benzene rings is 1. The number of para-hydroxylation sites is 1. The minimum Gasteiger partial charge on any atom is -0.466 e. The topological polar surface area (TPSA) is 84.6 Å². The van der Waals surface area contributed by atoms with Gasteiger partial charge in [0.1, 0.15) is 12.9 Å². The first-order valence-corrected chi connectivity index (χ1v) is 9.87. The van der Waals surface area contributed by atoms with Gasteiger partial charge < -0.3 is 15.0 Å². The minimum atomic E-state index is -0.119. The van der Waals surface area contributed by atoms with E-state index in [4.69, 9.17) is 9.73 Å². The largest absolute Gasteiger partial charge is 0.466 e. The third-order valence-corrected chi connectivity index (χ3v) is 4.70. The number of ether oxygens (including phenoxy) is 1. The molecule has 0 bridgehead atoms. The van der Waals surface area contributed by atoms with E-state index >= 15 is 0 Å². The van der Waals surface area contributed by atoms with E-state index < -0.39 is 0 Å². The summed E-state index contributed by atoms with van der Waals surface area (Å²) in [5.41, 5.74) is 1.00. The van der Waals surface area contributed by atoms with E-state index in [1.54, 1.807) is 6.33 Å². The van der Waals surface area contributed by atoms with Gasteiger partial charge in [-0.25, -0.2) is 4.99 Å². The third kappa shape index (κ3) is 6.15. The number of hydrogen-bond donors (Lipinski definition) is 1. The Morgan fingerprint density at radius 2 is 2.10 bits per heavy atom. The van der Waals surface area contributed by atoms with Crippen molar-refractivity contribution in [2.75, 3.05) is 26.2 Å². The standard InChI is InChI=1S/C20H28N6O2.HI/c1-3-21-20(25-12-8-9-16(14-25)19(27)28-4-2)22-13-18-24-23-15-26(18)17-10-6-5-7-11-17;/h5-7,10-11,15-16H,3-4,8-9,12-14H2,1-2H3,(H,21,22);1H. The van der Waals surface area contributed by atoms with Crippen LogP contribution in [0.4, 0.5) is 0 Å². The van der Waals surface area contributed by atoms with Crippen molar-refractivity contribution in [3.05, 3.63) is 42.5 Å². The predicted octanol–water partition coefficient (Wildman–Crippen LogP) is 2.63. The summed E-state index contributed by atoms with van der Waals surface area (Å²) in [7, 11) is 0. The van der Waals surface area contributed by atoms with Crippen molar-refractivity contribution in [2.24, 2.45) is 10.9 Å². The van der Waals surface area contributed by atoms with Crippen LogP contribution < -0.4 is 5.32 Å². The second-order valence-corrected chi connectivity index (χ2v) is 6.66. The average molecular weight is 512 g/mol. The lowest BCUT2D eigenvalue weighted by molar-refractivity contribution is -0.149. The molecule has 0 spiro atoms. The van der Waals surface area contributed by atoms with Crippen LogP contribution in [0.1, 0.15) is 32.5 Å². The molecule has 158 valence electrons. The van der Waals surface area contributed by atoms with Crippen LogP contribution in [0, 0.1) is 5.92 Å². The number of halogens is 1. The number of carbonyl (C=O) groups excluding carboxylic acids is 1. The molecule has 1 aromatic heterocycles. The van der Waals surface area contributed by atoms with Gasteiger partial charge in [-0.15, -0.1) is 34.2 Å². The Morgan fingerprint density at radius 1 is 1.31 bits per heavy atom. The van der Waals surface area contributed by atoms with Gasteiger partial charge in [0.25, 0.3) is 0 Å². The molecule has 0 radical (unpaired) electrons. The number of likely N-dealkylation sites (tertiary alicyclic amines) is 1. The molecule has 1 atom stereocenters. The highest BCUT2D eigenvalue weighted by molar-refractivity contribution is 14.0. The van der Waals surface area contributed by atoms with Gasteiger partial charge in [-0.1, -0.05) is 18.2 Å². The number of carbonyl (C=O) groups is 1. The van der Waals surface area contributed by atoms with E-state index in [2.05, 4.69) is 20.4 Å². The molecule has 1 aromatic carbocycles. The van der Waals surface area contributed by atoms with Gasteiger partial charge in [0, 0.05) is 25.3 Å². The first-order valence-electron chi connectivity index (χ1n) is 9.87. The maximum atomic E-state index is 12.1.